The number of aliphatic hydroxyl groups excluding tert-OH is 1. The summed E-state index contributed by atoms with van der Waals surface area (Å²) in [5, 5.41) is 8.74. The molecule has 0 aliphatic heterocycles. The molecule has 0 bridgehead atoms. The average molecular weight is 187 g/mol. The Morgan fingerprint density at radius 2 is 1.92 bits per heavy atom. The second-order valence-corrected chi connectivity index (χ2v) is 3.67. The summed E-state index contributed by atoms with van der Waals surface area (Å²) >= 11 is 0. The lowest BCUT2D eigenvalue weighted by molar-refractivity contribution is -0.136. The second-order valence-electron chi connectivity index (χ2n) is 3.67. The van der Waals surface area contributed by atoms with Gasteiger partial charge >= 0.3 is 0 Å². The van der Waals surface area contributed by atoms with Crippen molar-refractivity contribution in [3.8, 4) is 0 Å². The fourth-order valence-electron chi connectivity index (χ4n) is 1.12. The fourth-order valence-corrected chi connectivity index (χ4v) is 1.12. The first-order valence-corrected chi connectivity index (χ1v) is 4.94. The molecule has 0 rings (SSSR count). The standard InChI is InChI=1S/C10H21NO2/c1-5-11(6-7-12)10(13)9(4)8(2)3/h8-9,12H,5-7H2,1-4H3. The summed E-state index contributed by atoms with van der Waals surface area (Å²) in [5.74, 6) is 0.554. The number of aliphatic hydroxyl groups is 1. The molecule has 1 unspecified atom stereocenters. The average Bonchev–Trinajstić information content (AvgIpc) is 2.11. The normalized spacial score (nSPS) is 13.1. The van der Waals surface area contributed by atoms with Gasteiger partial charge in [-0.15, -0.1) is 0 Å². The summed E-state index contributed by atoms with van der Waals surface area (Å²) in [6.45, 7) is 9.12. The molecule has 0 aromatic rings. The zero-order chi connectivity index (χ0) is 10.4. The SMILES string of the molecule is CCN(CCO)C(=O)C(C)C(C)C. The summed E-state index contributed by atoms with van der Waals surface area (Å²) in [6, 6.07) is 0. The van der Waals surface area contributed by atoms with Gasteiger partial charge in [0.15, 0.2) is 0 Å². The van der Waals surface area contributed by atoms with Gasteiger partial charge in [0.2, 0.25) is 5.91 Å². The lowest BCUT2D eigenvalue weighted by Gasteiger charge is -2.25. The van der Waals surface area contributed by atoms with Crippen LogP contribution < -0.4 is 0 Å². The Morgan fingerprint density at radius 3 is 2.23 bits per heavy atom. The maximum Gasteiger partial charge on any atom is 0.225 e. The molecule has 1 amide bonds. The number of amides is 1. The lowest BCUT2D eigenvalue weighted by Crippen LogP contribution is -2.38. The van der Waals surface area contributed by atoms with Crippen molar-refractivity contribution in [3.05, 3.63) is 0 Å². The number of carbonyl (C=O) groups is 1. The molecule has 0 saturated heterocycles. The second kappa shape index (κ2) is 5.97. The molecule has 3 heteroatoms. The first kappa shape index (κ1) is 12.4. The molecule has 13 heavy (non-hydrogen) atoms. The van der Waals surface area contributed by atoms with E-state index < -0.39 is 0 Å². The van der Waals surface area contributed by atoms with Crippen LogP contribution in [0.4, 0.5) is 0 Å². The molecule has 0 radical (unpaired) electrons. The van der Waals surface area contributed by atoms with E-state index in [1.807, 2.05) is 27.7 Å². The van der Waals surface area contributed by atoms with E-state index in [9.17, 15) is 4.79 Å². The van der Waals surface area contributed by atoms with Gasteiger partial charge in [0.05, 0.1) is 6.61 Å². The maximum absolute atomic E-state index is 11.7. The first-order valence-electron chi connectivity index (χ1n) is 4.94. The van der Waals surface area contributed by atoms with Crippen LogP contribution in [0.15, 0.2) is 0 Å². The van der Waals surface area contributed by atoms with E-state index >= 15 is 0 Å². The Bertz CT molecular complexity index is 157. The Balaban J connectivity index is 4.19. The van der Waals surface area contributed by atoms with E-state index in [-0.39, 0.29) is 18.4 Å². The number of likely N-dealkylation sites (N-methyl/N-ethyl adjacent to an activating group) is 1. The monoisotopic (exact) mass is 187 g/mol. The van der Waals surface area contributed by atoms with Gasteiger partial charge in [-0.1, -0.05) is 20.8 Å². The Labute approximate surface area is 80.7 Å². The van der Waals surface area contributed by atoms with Crippen molar-refractivity contribution in [2.45, 2.75) is 27.7 Å². The van der Waals surface area contributed by atoms with Gasteiger partial charge in [-0.25, -0.2) is 0 Å². The Morgan fingerprint density at radius 1 is 1.38 bits per heavy atom. The highest BCUT2D eigenvalue weighted by Crippen LogP contribution is 2.12. The van der Waals surface area contributed by atoms with E-state index in [1.165, 1.54) is 0 Å². The molecule has 0 aromatic carbocycles. The van der Waals surface area contributed by atoms with Gasteiger partial charge in [0.25, 0.3) is 0 Å². The van der Waals surface area contributed by atoms with Crippen LogP contribution in [0.2, 0.25) is 0 Å². The highest BCUT2D eigenvalue weighted by Gasteiger charge is 2.21. The molecule has 3 nitrogen and oxygen atoms in total. The third kappa shape index (κ3) is 3.77. The largest absolute Gasteiger partial charge is 0.395 e. The Hall–Kier alpha value is -0.570. The number of rotatable bonds is 5. The quantitative estimate of drug-likeness (QED) is 0.700. The molecular weight excluding hydrogens is 166 g/mol. The Kier molecular flexibility index (Phi) is 5.71. The van der Waals surface area contributed by atoms with Crippen molar-refractivity contribution >= 4 is 5.91 Å². The molecule has 0 spiro atoms. The van der Waals surface area contributed by atoms with Gasteiger partial charge in [0.1, 0.15) is 0 Å². The zero-order valence-corrected chi connectivity index (χ0v) is 9.08. The minimum atomic E-state index is 0.0460. The van der Waals surface area contributed by atoms with Crippen LogP contribution in [0.3, 0.4) is 0 Å². The summed E-state index contributed by atoms with van der Waals surface area (Å²) in [4.78, 5) is 13.4. The van der Waals surface area contributed by atoms with Crippen molar-refractivity contribution in [2.75, 3.05) is 19.7 Å². The summed E-state index contributed by atoms with van der Waals surface area (Å²) < 4.78 is 0. The molecule has 1 N–H and O–H groups in total. The minimum Gasteiger partial charge on any atom is -0.395 e. The number of carbonyl (C=O) groups excluding carboxylic acids is 1. The van der Waals surface area contributed by atoms with Crippen molar-refractivity contribution in [1.82, 2.24) is 4.90 Å². The van der Waals surface area contributed by atoms with Crippen molar-refractivity contribution in [3.63, 3.8) is 0 Å². The predicted octanol–water partition coefficient (Wildman–Crippen LogP) is 1.12. The van der Waals surface area contributed by atoms with Crippen molar-refractivity contribution in [1.29, 1.82) is 0 Å². The molecule has 0 aliphatic carbocycles. The first-order chi connectivity index (χ1) is 6.04. The topological polar surface area (TPSA) is 40.5 Å². The van der Waals surface area contributed by atoms with Crippen LogP contribution in [0, 0.1) is 11.8 Å². The lowest BCUT2D eigenvalue weighted by atomic mass is 9.96. The van der Waals surface area contributed by atoms with Gasteiger partial charge in [-0.2, -0.15) is 0 Å². The molecule has 1 atom stereocenters. The van der Waals surface area contributed by atoms with Crippen LogP contribution >= 0.6 is 0 Å². The van der Waals surface area contributed by atoms with E-state index in [0.29, 0.717) is 19.0 Å². The van der Waals surface area contributed by atoms with E-state index in [4.69, 9.17) is 5.11 Å². The fraction of sp³-hybridized carbons (Fsp3) is 0.900. The van der Waals surface area contributed by atoms with Gasteiger partial charge in [0, 0.05) is 19.0 Å². The highest BCUT2D eigenvalue weighted by atomic mass is 16.3. The third-order valence-corrected chi connectivity index (χ3v) is 2.45. The van der Waals surface area contributed by atoms with Gasteiger partial charge in [-0.05, 0) is 12.8 Å². The van der Waals surface area contributed by atoms with Crippen LogP contribution in [0.25, 0.3) is 0 Å². The van der Waals surface area contributed by atoms with E-state index in [2.05, 4.69) is 0 Å². The highest BCUT2D eigenvalue weighted by molar-refractivity contribution is 5.78. The maximum atomic E-state index is 11.7. The molecular formula is C10H21NO2. The predicted molar refractivity (Wildman–Crippen MR) is 53.3 cm³/mol. The molecule has 0 aromatic heterocycles. The van der Waals surface area contributed by atoms with E-state index in [0.717, 1.165) is 0 Å². The number of hydrogen-bond donors (Lipinski definition) is 1. The number of nitrogens with zero attached hydrogens (tertiary/aromatic N) is 1. The van der Waals surface area contributed by atoms with Crippen LogP contribution in [0.1, 0.15) is 27.7 Å². The van der Waals surface area contributed by atoms with Crippen molar-refractivity contribution in [2.24, 2.45) is 11.8 Å². The third-order valence-electron chi connectivity index (χ3n) is 2.45. The summed E-state index contributed by atoms with van der Waals surface area (Å²) in [5.41, 5.74) is 0. The van der Waals surface area contributed by atoms with Crippen molar-refractivity contribution < 1.29 is 9.90 Å². The van der Waals surface area contributed by atoms with Crippen LogP contribution in [-0.4, -0.2) is 35.6 Å². The number of hydrogen-bond acceptors (Lipinski definition) is 2. The molecule has 78 valence electrons. The zero-order valence-electron chi connectivity index (χ0n) is 9.08. The molecule has 0 saturated carbocycles. The van der Waals surface area contributed by atoms with Crippen LogP contribution in [0.5, 0.6) is 0 Å². The smallest absolute Gasteiger partial charge is 0.225 e. The molecule has 0 fully saturated rings. The molecule has 0 heterocycles. The van der Waals surface area contributed by atoms with Crippen LogP contribution in [-0.2, 0) is 4.79 Å². The van der Waals surface area contributed by atoms with Gasteiger partial charge < -0.3 is 10.0 Å². The molecule has 0 aliphatic rings. The summed E-state index contributed by atoms with van der Waals surface area (Å²) in [7, 11) is 0. The van der Waals surface area contributed by atoms with E-state index in [1.54, 1.807) is 4.90 Å². The van der Waals surface area contributed by atoms with Gasteiger partial charge in [-0.3, -0.25) is 4.79 Å². The summed E-state index contributed by atoms with van der Waals surface area (Å²) in [6.07, 6.45) is 0. The minimum absolute atomic E-state index is 0.0460.